The quantitative estimate of drug-likeness (QED) is 0.850. The summed E-state index contributed by atoms with van der Waals surface area (Å²) >= 11 is 0. The van der Waals surface area contributed by atoms with Gasteiger partial charge in [-0.2, -0.15) is 0 Å². The van der Waals surface area contributed by atoms with E-state index in [1.807, 2.05) is 0 Å². The van der Waals surface area contributed by atoms with Crippen molar-refractivity contribution in [2.24, 2.45) is 11.3 Å². The van der Waals surface area contributed by atoms with Crippen LogP contribution < -0.4 is 10.1 Å². The molecule has 116 valence electrons. The topological polar surface area (TPSA) is 21.3 Å². The van der Waals surface area contributed by atoms with Crippen LogP contribution in [-0.2, 0) is 6.42 Å². The van der Waals surface area contributed by atoms with E-state index in [2.05, 4.69) is 51.2 Å². The van der Waals surface area contributed by atoms with Crippen molar-refractivity contribution in [1.29, 1.82) is 0 Å². The molecule has 2 nitrogen and oxygen atoms in total. The third kappa shape index (κ3) is 3.42. The Morgan fingerprint density at radius 3 is 2.76 bits per heavy atom. The van der Waals surface area contributed by atoms with E-state index in [0.717, 1.165) is 31.2 Å². The number of nitrogens with one attached hydrogen (secondary N) is 1. The summed E-state index contributed by atoms with van der Waals surface area (Å²) in [5.74, 6) is 1.77. The number of rotatable bonds is 6. The van der Waals surface area contributed by atoms with Gasteiger partial charge in [0.1, 0.15) is 11.9 Å². The maximum absolute atomic E-state index is 6.20. The second kappa shape index (κ2) is 5.64. The van der Waals surface area contributed by atoms with Crippen molar-refractivity contribution in [2.45, 2.75) is 65.5 Å². The van der Waals surface area contributed by atoms with E-state index in [1.54, 1.807) is 0 Å². The molecule has 1 aromatic rings. The van der Waals surface area contributed by atoms with Crippen molar-refractivity contribution in [3.63, 3.8) is 0 Å². The Kier molecular flexibility index (Phi) is 4.00. The summed E-state index contributed by atoms with van der Waals surface area (Å²) in [5, 5.41) is 3.73. The minimum atomic E-state index is 0.310. The maximum atomic E-state index is 6.20. The van der Waals surface area contributed by atoms with Crippen LogP contribution in [0.15, 0.2) is 18.2 Å². The van der Waals surface area contributed by atoms with Gasteiger partial charge in [0.2, 0.25) is 0 Å². The monoisotopic (exact) mass is 287 g/mol. The molecule has 2 unspecified atom stereocenters. The smallest absolute Gasteiger partial charge is 0.123 e. The number of ether oxygens (including phenoxy) is 1. The van der Waals surface area contributed by atoms with Gasteiger partial charge in [0.15, 0.2) is 0 Å². The van der Waals surface area contributed by atoms with Gasteiger partial charge in [-0.15, -0.1) is 0 Å². The molecular formula is C19H29NO. The molecule has 2 atom stereocenters. The lowest BCUT2D eigenvalue weighted by atomic mass is 9.74. The van der Waals surface area contributed by atoms with Crippen LogP contribution in [0, 0.1) is 18.3 Å². The second-order valence-corrected chi connectivity index (χ2v) is 7.72. The molecule has 1 aliphatic heterocycles. The highest BCUT2D eigenvalue weighted by atomic mass is 16.5. The molecule has 1 N–H and O–H groups in total. The third-order valence-corrected chi connectivity index (χ3v) is 5.42. The largest absolute Gasteiger partial charge is 0.490 e. The summed E-state index contributed by atoms with van der Waals surface area (Å²) < 4.78 is 6.20. The van der Waals surface area contributed by atoms with Crippen molar-refractivity contribution in [3.05, 3.63) is 29.3 Å². The fraction of sp³-hybridized carbons (Fsp3) is 0.684. The van der Waals surface area contributed by atoms with Crippen molar-refractivity contribution in [1.82, 2.24) is 5.32 Å². The predicted octanol–water partition coefficient (Wildman–Crippen LogP) is 4.10. The van der Waals surface area contributed by atoms with E-state index in [9.17, 15) is 0 Å². The number of fused-ring (bicyclic) bond motifs is 1. The molecule has 3 rings (SSSR count). The molecule has 0 aromatic heterocycles. The zero-order valence-corrected chi connectivity index (χ0v) is 13.9. The van der Waals surface area contributed by atoms with Gasteiger partial charge in [0.05, 0.1) is 0 Å². The fourth-order valence-corrected chi connectivity index (χ4v) is 3.26. The third-order valence-electron chi connectivity index (χ3n) is 5.42. The Morgan fingerprint density at radius 1 is 1.33 bits per heavy atom. The van der Waals surface area contributed by atoms with Crippen molar-refractivity contribution in [3.8, 4) is 5.75 Å². The van der Waals surface area contributed by atoms with Crippen LogP contribution in [0.4, 0.5) is 0 Å². The molecule has 2 heteroatoms. The van der Waals surface area contributed by atoms with Gasteiger partial charge in [-0.1, -0.05) is 38.5 Å². The standard InChI is InChI=1S/C19H29NO/c1-13(2)19(4,12-20-16-6-7-16)11-17-10-15-9-14(3)5-8-18(15)21-17/h5,8-9,13,16-17,20H,6-7,10-12H2,1-4H3. The Balaban J connectivity index is 1.64. The van der Waals surface area contributed by atoms with E-state index < -0.39 is 0 Å². The van der Waals surface area contributed by atoms with Crippen LogP contribution in [-0.4, -0.2) is 18.7 Å². The average molecular weight is 287 g/mol. The Hall–Kier alpha value is -1.02. The molecule has 0 spiro atoms. The predicted molar refractivity (Wildman–Crippen MR) is 87.9 cm³/mol. The highest BCUT2D eigenvalue weighted by Gasteiger charge is 2.36. The van der Waals surface area contributed by atoms with Crippen LogP contribution in [0.25, 0.3) is 0 Å². The van der Waals surface area contributed by atoms with Crippen molar-refractivity contribution >= 4 is 0 Å². The first-order chi connectivity index (χ1) is 9.96. The lowest BCUT2D eigenvalue weighted by Gasteiger charge is -2.36. The van der Waals surface area contributed by atoms with E-state index in [4.69, 9.17) is 4.74 Å². The number of aryl methyl sites for hydroxylation is 1. The molecule has 21 heavy (non-hydrogen) atoms. The Bertz CT molecular complexity index is 506. The van der Waals surface area contributed by atoms with Crippen LogP contribution >= 0.6 is 0 Å². The first-order valence-corrected chi connectivity index (χ1v) is 8.46. The van der Waals surface area contributed by atoms with E-state index in [1.165, 1.54) is 24.0 Å². The summed E-state index contributed by atoms with van der Waals surface area (Å²) in [4.78, 5) is 0. The van der Waals surface area contributed by atoms with Gasteiger partial charge < -0.3 is 10.1 Å². The molecule has 1 fully saturated rings. The van der Waals surface area contributed by atoms with Crippen LogP contribution in [0.2, 0.25) is 0 Å². The summed E-state index contributed by atoms with van der Waals surface area (Å²) in [6.07, 6.45) is 5.27. The maximum Gasteiger partial charge on any atom is 0.123 e. The molecular weight excluding hydrogens is 258 g/mol. The fourth-order valence-electron chi connectivity index (χ4n) is 3.26. The molecule has 1 aliphatic carbocycles. The molecule has 1 heterocycles. The Labute approximate surface area is 129 Å². The van der Waals surface area contributed by atoms with Crippen molar-refractivity contribution < 1.29 is 4.74 Å². The molecule has 0 bridgehead atoms. The summed E-state index contributed by atoms with van der Waals surface area (Å²) in [7, 11) is 0. The number of hydrogen-bond acceptors (Lipinski definition) is 2. The van der Waals surface area contributed by atoms with E-state index in [0.29, 0.717) is 17.4 Å². The molecule has 1 aromatic carbocycles. The SMILES string of the molecule is Cc1ccc2c(c1)CC(CC(C)(CNC1CC1)C(C)C)O2. The molecule has 0 saturated heterocycles. The zero-order chi connectivity index (χ0) is 15.0. The second-order valence-electron chi connectivity index (χ2n) is 7.72. The first kappa shape index (κ1) is 14.9. The van der Waals surface area contributed by atoms with Gasteiger partial charge in [0.25, 0.3) is 0 Å². The zero-order valence-electron chi connectivity index (χ0n) is 13.9. The molecule has 0 radical (unpaired) electrons. The highest BCUT2D eigenvalue weighted by molar-refractivity contribution is 5.40. The van der Waals surface area contributed by atoms with E-state index in [-0.39, 0.29) is 0 Å². The molecule has 1 saturated carbocycles. The van der Waals surface area contributed by atoms with Crippen LogP contribution in [0.3, 0.4) is 0 Å². The summed E-state index contributed by atoms with van der Waals surface area (Å²) in [5.41, 5.74) is 3.03. The lowest BCUT2D eigenvalue weighted by molar-refractivity contribution is 0.105. The van der Waals surface area contributed by atoms with Crippen molar-refractivity contribution in [2.75, 3.05) is 6.54 Å². The van der Waals surface area contributed by atoms with Gasteiger partial charge in [-0.3, -0.25) is 0 Å². The normalized spacial score (nSPS) is 23.8. The molecule has 0 amide bonds. The van der Waals surface area contributed by atoms with Crippen LogP contribution in [0.1, 0.15) is 51.2 Å². The minimum absolute atomic E-state index is 0.310. The van der Waals surface area contributed by atoms with E-state index >= 15 is 0 Å². The minimum Gasteiger partial charge on any atom is -0.490 e. The molecule has 2 aliphatic rings. The first-order valence-electron chi connectivity index (χ1n) is 8.46. The van der Waals surface area contributed by atoms with Crippen LogP contribution in [0.5, 0.6) is 5.75 Å². The highest BCUT2D eigenvalue weighted by Crippen LogP contribution is 2.38. The summed E-state index contributed by atoms with van der Waals surface area (Å²) in [6, 6.07) is 7.36. The van der Waals surface area contributed by atoms with Gasteiger partial charge in [0, 0.05) is 19.0 Å². The lowest BCUT2D eigenvalue weighted by Crippen LogP contribution is -2.40. The van der Waals surface area contributed by atoms with Gasteiger partial charge in [-0.05, 0) is 49.1 Å². The number of benzene rings is 1. The Morgan fingerprint density at radius 2 is 2.10 bits per heavy atom. The number of hydrogen-bond donors (Lipinski definition) is 1. The van der Waals surface area contributed by atoms with Gasteiger partial charge >= 0.3 is 0 Å². The average Bonchev–Trinajstić information content (AvgIpc) is 3.17. The summed E-state index contributed by atoms with van der Waals surface area (Å²) in [6.45, 7) is 10.4. The van der Waals surface area contributed by atoms with Gasteiger partial charge in [-0.25, -0.2) is 0 Å².